The Balaban J connectivity index is 2.42. The summed E-state index contributed by atoms with van der Waals surface area (Å²) in [7, 11) is 0. The quantitative estimate of drug-likeness (QED) is 0.588. The van der Waals surface area contributed by atoms with Gasteiger partial charge in [-0.05, 0) is 20.3 Å². The predicted molar refractivity (Wildman–Crippen MR) is 69.4 cm³/mol. The summed E-state index contributed by atoms with van der Waals surface area (Å²) in [5.41, 5.74) is 0.964. The average molecular weight is 235 g/mol. The normalized spacial score (nSPS) is 23.6. The minimum Gasteiger partial charge on any atom is -0.463 e. The van der Waals surface area contributed by atoms with Gasteiger partial charge in [0.2, 0.25) is 0 Å². The SMILES string of the molecule is CCOC(=O)/C=C(/C)NC[C@@]1(C)C=CC=CC1. The van der Waals surface area contributed by atoms with Crippen molar-refractivity contribution in [1.29, 1.82) is 0 Å². The van der Waals surface area contributed by atoms with Gasteiger partial charge in [-0.2, -0.15) is 0 Å². The number of hydrogen-bond acceptors (Lipinski definition) is 3. The minimum absolute atomic E-state index is 0.124. The van der Waals surface area contributed by atoms with Crippen molar-refractivity contribution in [1.82, 2.24) is 5.32 Å². The fourth-order valence-corrected chi connectivity index (χ4v) is 1.66. The molecule has 3 heteroatoms. The number of allylic oxidation sites excluding steroid dienone is 4. The first-order valence-corrected chi connectivity index (χ1v) is 5.99. The van der Waals surface area contributed by atoms with Crippen LogP contribution < -0.4 is 5.32 Å². The van der Waals surface area contributed by atoms with Gasteiger partial charge in [0.1, 0.15) is 0 Å². The zero-order valence-corrected chi connectivity index (χ0v) is 10.8. The van der Waals surface area contributed by atoms with Crippen LogP contribution in [0, 0.1) is 5.41 Å². The number of rotatable bonds is 5. The Hall–Kier alpha value is -1.51. The van der Waals surface area contributed by atoms with E-state index >= 15 is 0 Å². The van der Waals surface area contributed by atoms with Crippen molar-refractivity contribution in [2.75, 3.05) is 13.2 Å². The van der Waals surface area contributed by atoms with Crippen molar-refractivity contribution < 1.29 is 9.53 Å². The highest BCUT2D eigenvalue weighted by Crippen LogP contribution is 2.26. The van der Waals surface area contributed by atoms with Gasteiger partial charge in [-0.15, -0.1) is 0 Å². The van der Waals surface area contributed by atoms with Crippen LogP contribution in [0.5, 0.6) is 0 Å². The summed E-state index contributed by atoms with van der Waals surface area (Å²) in [6, 6.07) is 0. The molecule has 0 saturated heterocycles. The molecule has 1 aliphatic carbocycles. The molecule has 0 aliphatic heterocycles. The van der Waals surface area contributed by atoms with E-state index in [4.69, 9.17) is 4.74 Å². The van der Waals surface area contributed by atoms with Gasteiger partial charge in [0.15, 0.2) is 0 Å². The Morgan fingerprint density at radius 3 is 2.88 bits per heavy atom. The molecular weight excluding hydrogens is 214 g/mol. The standard InChI is InChI=1S/C14H21NO2/c1-4-17-13(16)10-12(2)15-11-14(3)8-6-5-7-9-14/h5-8,10,15H,4,9,11H2,1-3H3/b12-10-/t14-/m0/s1. The molecular formula is C14H21NO2. The zero-order valence-electron chi connectivity index (χ0n) is 10.8. The molecule has 17 heavy (non-hydrogen) atoms. The molecule has 0 saturated carbocycles. The van der Waals surface area contributed by atoms with Gasteiger partial charge in [-0.3, -0.25) is 0 Å². The van der Waals surface area contributed by atoms with Crippen LogP contribution in [0.1, 0.15) is 27.2 Å². The molecule has 0 aromatic rings. The second kappa shape index (κ2) is 6.28. The van der Waals surface area contributed by atoms with E-state index in [-0.39, 0.29) is 11.4 Å². The highest BCUT2D eigenvalue weighted by atomic mass is 16.5. The monoisotopic (exact) mass is 235 g/mol. The molecule has 0 aromatic heterocycles. The fraction of sp³-hybridized carbons (Fsp3) is 0.500. The Kier molecular flexibility index (Phi) is 5.01. The van der Waals surface area contributed by atoms with Gasteiger partial charge < -0.3 is 10.1 Å². The number of ether oxygens (including phenoxy) is 1. The highest BCUT2D eigenvalue weighted by Gasteiger charge is 2.20. The summed E-state index contributed by atoms with van der Waals surface area (Å²) in [6.45, 7) is 7.10. The molecule has 1 N–H and O–H groups in total. The molecule has 0 unspecified atom stereocenters. The lowest BCUT2D eigenvalue weighted by atomic mass is 9.84. The van der Waals surface area contributed by atoms with Gasteiger partial charge in [-0.25, -0.2) is 4.79 Å². The predicted octanol–water partition coefficient (Wildman–Crippen LogP) is 2.57. The second-order valence-corrected chi connectivity index (χ2v) is 4.58. The molecule has 1 aliphatic rings. The van der Waals surface area contributed by atoms with E-state index in [2.05, 4.69) is 36.5 Å². The van der Waals surface area contributed by atoms with Crippen LogP contribution in [0.4, 0.5) is 0 Å². The average Bonchev–Trinajstić information content (AvgIpc) is 2.28. The lowest BCUT2D eigenvalue weighted by molar-refractivity contribution is -0.137. The van der Waals surface area contributed by atoms with Crippen LogP contribution in [0.25, 0.3) is 0 Å². The lowest BCUT2D eigenvalue weighted by Gasteiger charge is -2.27. The summed E-state index contributed by atoms with van der Waals surface area (Å²) in [6.07, 6.45) is 11.0. The molecule has 0 aromatic carbocycles. The largest absolute Gasteiger partial charge is 0.463 e. The number of esters is 1. The van der Waals surface area contributed by atoms with Gasteiger partial charge >= 0.3 is 5.97 Å². The molecule has 0 fully saturated rings. The second-order valence-electron chi connectivity index (χ2n) is 4.58. The molecule has 0 radical (unpaired) electrons. The van der Waals surface area contributed by atoms with Crippen molar-refractivity contribution in [3.05, 3.63) is 36.1 Å². The van der Waals surface area contributed by atoms with Crippen molar-refractivity contribution in [3.8, 4) is 0 Å². The summed E-state index contributed by atoms with van der Waals surface area (Å²) in [5, 5.41) is 3.26. The molecule has 1 atom stereocenters. The Labute approximate surface area is 103 Å². The molecule has 0 amide bonds. The van der Waals surface area contributed by atoms with E-state index in [0.717, 1.165) is 18.7 Å². The molecule has 3 nitrogen and oxygen atoms in total. The first-order valence-electron chi connectivity index (χ1n) is 5.99. The Bertz CT molecular complexity index is 355. The topological polar surface area (TPSA) is 38.3 Å². The van der Waals surface area contributed by atoms with Crippen molar-refractivity contribution in [2.45, 2.75) is 27.2 Å². The number of nitrogens with one attached hydrogen (secondary N) is 1. The summed E-state index contributed by atoms with van der Waals surface area (Å²) in [4.78, 5) is 11.2. The van der Waals surface area contributed by atoms with Crippen molar-refractivity contribution in [3.63, 3.8) is 0 Å². The van der Waals surface area contributed by atoms with E-state index in [0.29, 0.717) is 6.61 Å². The van der Waals surface area contributed by atoms with Crippen LogP contribution in [0.15, 0.2) is 36.1 Å². The maximum absolute atomic E-state index is 11.2. The maximum atomic E-state index is 11.2. The number of carbonyl (C=O) groups excluding carboxylic acids is 1. The van der Waals surface area contributed by atoms with Crippen LogP contribution in [0.3, 0.4) is 0 Å². The highest BCUT2D eigenvalue weighted by molar-refractivity contribution is 5.82. The third-order valence-corrected chi connectivity index (χ3v) is 2.72. The van der Waals surface area contributed by atoms with Gasteiger partial charge in [0.05, 0.1) is 6.61 Å². The van der Waals surface area contributed by atoms with Crippen molar-refractivity contribution in [2.24, 2.45) is 5.41 Å². The van der Waals surface area contributed by atoms with Crippen LogP contribution in [-0.4, -0.2) is 19.1 Å². The van der Waals surface area contributed by atoms with Crippen LogP contribution >= 0.6 is 0 Å². The first-order chi connectivity index (χ1) is 8.06. The summed E-state index contributed by atoms with van der Waals surface area (Å²) in [5.74, 6) is -0.290. The van der Waals surface area contributed by atoms with Crippen molar-refractivity contribution >= 4 is 5.97 Å². The van der Waals surface area contributed by atoms with Crippen LogP contribution in [0.2, 0.25) is 0 Å². The van der Waals surface area contributed by atoms with E-state index in [9.17, 15) is 4.79 Å². The first kappa shape index (κ1) is 13.6. The van der Waals surface area contributed by atoms with Crippen LogP contribution in [-0.2, 0) is 9.53 Å². The maximum Gasteiger partial charge on any atom is 0.332 e. The van der Waals surface area contributed by atoms with E-state index in [1.807, 2.05) is 6.92 Å². The lowest BCUT2D eigenvalue weighted by Crippen LogP contribution is -2.30. The Morgan fingerprint density at radius 2 is 2.29 bits per heavy atom. The molecule has 0 bridgehead atoms. The third-order valence-electron chi connectivity index (χ3n) is 2.72. The van der Waals surface area contributed by atoms with E-state index < -0.39 is 0 Å². The molecule has 94 valence electrons. The smallest absolute Gasteiger partial charge is 0.332 e. The summed E-state index contributed by atoms with van der Waals surface area (Å²) >= 11 is 0. The van der Waals surface area contributed by atoms with Gasteiger partial charge in [0, 0.05) is 23.7 Å². The Morgan fingerprint density at radius 1 is 1.53 bits per heavy atom. The van der Waals surface area contributed by atoms with E-state index in [1.54, 1.807) is 6.92 Å². The molecule has 0 spiro atoms. The molecule has 0 heterocycles. The number of carbonyl (C=O) groups is 1. The molecule has 1 rings (SSSR count). The summed E-state index contributed by atoms with van der Waals surface area (Å²) < 4.78 is 4.85. The minimum atomic E-state index is -0.290. The van der Waals surface area contributed by atoms with E-state index in [1.165, 1.54) is 6.08 Å². The van der Waals surface area contributed by atoms with Gasteiger partial charge in [0.25, 0.3) is 0 Å². The van der Waals surface area contributed by atoms with Gasteiger partial charge in [-0.1, -0.05) is 31.2 Å². The zero-order chi connectivity index (χ0) is 12.7. The number of hydrogen-bond donors (Lipinski definition) is 1. The fourth-order valence-electron chi connectivity index (χ4n) is 1.66. The third kappa shape index (κ3) is 4.89.